The molecule has 0 amide bonds. The Labute approximate surface area is 87.3 Å². The number of hydrogen-bond donors (Lipinski definition) is 1. The van der Waals surface area contributed by atoms with Crippen LogP contribution in [0, 0.1) is 10.8 Å². The number of hydrogen-bond acceptors (Lipinski definition) is 2. The molecular weight excluding hydrogens is 230 g/mol. The third kappa shape index (κ3) is 2.29. The van der Waals surface area contributed by atoms with Gasteiger partial charge in [-0.05, 0) is 13.3 Å². The molecule has 1 N–H and O–H groups in total. The van der Waals surface area contributed by atoms with Gasteiger partial charge in [-0.1, -0.05) is 34.2 Å². The number of ether oxygens (including phenoxy) is 1. The second-order valence-electron chi connectivity index (χ2n) is 3.34. The smallest absolute Gasteiger partial charge is 0.0608 e. The van der Waals surface area contributed by atoms with Gasteiger partial charge in [0.2, 0.25) is 0 Å². The number of nitrogens with one attached hydrogen (secondary N) is 1. The molecule has 0 unspecified atom stereocenters. The molecule has 1 aliphatic carbocycles. The lowest BCUT2D eigenvalue weighted by Gasteiger charge is -2.30. The van der Waals surface area contributed by atoms with E-state index in [9.17, 15) is 0 Å². The third-order valence-corrected chi connectivity index (χ3v) is 2.96. The van der Waals surface area contributed by atoms with Crippen molar-refractivity contribution in [2.75, 3.05) is 13.7 Å². The van der Waals surface area contributed by atoms with Crippen LogP contribution in [-0.2, 0) is 4.74 Å². The molecular formula is C10H14BrNO. The number of allylic oxidation sites excluding steroid dienone is 3. The summed E-state index contributed by atoms with van der Waals surface area (Å²) in [6.07, 6.45) is 6.95. The van der Waals surface area contributed by atoms with Crippen LogP contribution in [0.1, 0.15) is 13.3 Å². The normalized spacial score (nSPS) is 27.2. The van der Waals surface area contributed by atoms with Gasteiger partial charge in [-0.3, -0.25) is 0 Å². The van der Waals surface area contributed by atoms with Crippen LogP contribution >= 0.6 is 15.9 Å². The fourth-order valence-corrected chi connectivity index (χ4v) is 1.70. The molecule has 2 nitrogen and oxygen atoms in total. The second-order valence-corrected chi connectivity index (χ2v) is 4.26. The Morgan fingerprint density at radius 1 is 1.77 bits per heavy atom. The van der Waals surface area contributed by atoms with Crippen molar-refractivity contribution in [2.24, 2.45) is 5.41 Å². The summed E-state index contributed by atoms with van der Waals surface area (Å²) in [7, 11) is 1.67. The average Bonchev–Trinajstić information content (AvgIpc) is 2.09. The van der Waals surface area contributed by atoms with Gasteiger partial charge in [0.15, 0.2) is 0 Å². The summed E-state index contributed by atoms with van der Waals surface area (Å²) in [6.45, 7) is 2.41. The van der Waals surface area contributed by atoms with E-state index in [1.165, 1.54) is 0 Å². The van der Waals surface area contributed by atoms with Gasteiger partial charge in [-0.25, -0.2) is 0 Å². The number of halogens is 1. The summed E-state index contributed by atoms with van der Waals surface area (Å²) >= 11 is 3.40. The van der Waals surface area contributed by atoms with Crippen molar-refractivity contribution < 1.29 is 4.74 Å². The summed E-state index contributed by atoms with van der Waals surface area (Å²) < 4.78 is 6.23. The molecule has 0 saturated carbocycles. The summed E-state index contributed by atoms with van der Waals surface area (Å²) in [5, 5.41) is 7.73. The summed E-state index contributed by atoms with van der Waals surface area (Å²) in [4.78, 5) is 0. The van der Waals surface area contributed by atoms with E-state index in [1.807, 2.05) is 19.1 Å². The SMILES string of the molecule is COC[C@@]1(C(C)=N)C=CC(Br)=CC1. The van der Waals surface area contributed by atoms with E-state index in [4.69, 9.17) is 10.1 Å². The first-order valence-electron chi connectivity index (χ1n) is 4.20. The minimum Gasteiger partial charge on any atom is -0.383 e. The van der Waals surface area contributed by atoms with E-state index in [2.05, 4.69) is 22.0 Å². The summed E-state index contributed by atoms with van der Waals surface area (Å²) in [5.74, 6) is 0. The van der Waals surface area contributed by atoms with Crippen LogP contribution in [0.2, 0.25) is 0 Å². The lowest BCUT2D eigenvalue weighted by atomic mass is 9.78. The average molecular weight is 244 g/mol. The van der Waals surface area contributed by atoms with E-state index >= 15 is 0 Å². The van der Waals surface area contributed by atoms with Crippen LogP contribution in [0.5, 0.6) is 0 Å². The summed E-state index contributed by atoms with van der Waals surface area (Å²) in [6, 6.07) is 0. The molecule has 0 saturated heterocycles. The van der Waals surface area contributed by atoms with Gasteiger partial charge in [-0.15, -0.1) is 0 Å². The van der Waals surface area contributed by atoms with Gasteiger partial charge in [0.25, 0.3) is 0 Å². The Hall–Kier alpha value is -0.410. The first-order valence-corrected chi connectivity index (χ1v) is 4.99. The Bertz CT molecular complexity index is 270. The fraction of sp³-hybridized carbons (Fsp3) is 0.500. The minimum absolute atomic E-state index is 0.216. The molecule has 0 aromatic rings. The Morgan fingerprint density at radius 2 is 2.46 bits per heavy atom. The molecule has 0 radical (unpaired) electrons. The first-order chi connectivity index (χ1) is 6.10. The molecule has 13 heavy (non-hydrogen) atoms. The molecule has 0 heterocycles. The molecule has 0 aromatic heterocycles. The van der Waals surface area contributed by atoms with Gasteiger partial charge in [0, 0.05) is 17.3 Å². The maximum atomic E-state index is 7.73. The van der Waals surface area contributed by atoms with Gasteiger partial charge in [0.1, 0.15) is 0 Å². The topological polar surface area (TPSA) is 33.1 Å². The van der Waals surface area contributed by atoms with Crippen LogP contribution in [0.25, 0.3) is 0 Å². The molecule has 3 heteroatoms. The zero-order valence-electron chi connectivity index (χ0n) is 7.93. The number of rotatable bonds is 3. The quantitative estimate of drug-likeness (QED) is 0.761. The zero-order chi connectivity index (χ0) is 9.90. The first kappa shape index (κ1) is 10.7. The highest BCUT2D eigenvalue weighted by Gasteiger charge is 2.30. The maximum Gasteiger partial charge on any atom is 0.0608 e. The predicted molar refractivity (Wildman–Crippen MR) is 58.5 cm³/mol. The van der Waals surface area contributed by atoms with E-state index in [-0.39, 0.29) is 5.41 Å². The molecule has 72 valence electrons. The van der Waals surface area contributed by atoms with Gasteiger partial charge in [-0.2, -0.15) is 0 Å². The van der Waals surface area contributed by atoms with E-state index in [0.29, 0.717) is 12.3 Å². The standard InChI is InChI=1S/C10H14BrNO/c1-8(12)10(7-13-2)5-3-9(11)4-6-10/h3-5,12H,6-7H2,1-2H3/t10-/m1/s1. The van der Waals surface area contributed by atoms with Gasteiger partial charge in [0.05, 0.1) is 12.0 Å². The zero-order valence-corrected chi connectivity index (χ0v) is 9.52. The molecule has 0 bridgehead atoms. The van der Waals surface area contributed by atoms with Crippen molar-refractivity contribution in [3.05, 3.63) is 22.7 Å². The highest BCUT2D eigenvalue weighted by molar-refractivity contribution is 9.11. The van der Waals surface area contributed by atoms with Gasteiger partial charge >= 0.3 is 0 Å². The molecule has 1 atom stereocenters. The van der Waals surface area contributed by atoms with Crippen LogP contribution in [-0.4, -0.2) is 19.4 Å². The van der Waals surface area contributed by atoms with E-state index in [0.717, 1.165) is 10.9 Å². The van der Waals surface area contributed by atoms with Crippen molar-refractivity contribution in [1.29, 1.82) is 5.41 Å². The van der Waals surface area contributed by atoms with Crippen LogP contribution in [0.4, 0.5) is 0 Å². The molecule has 1 aliphatic rings. The van der Waals surface area contributed by atoms with Crippen LogP contribution in [0.3, 0.4) is 0 Å². The van der Waals surface area contributed by atoms with Crippen molar-refractivity contribution in [2.45, 2.75) is 13.3 Å². The summed E-state index contributed by atoms with van der Waals surface area (Å²) in [5.41, 5.74) is 0.438. The predicted octanol–water partition coefficient (Wildman–Crippen LogP) is 2.90. The second kappa shape index (κ2) is 4.20. The molecule has 0 fully saturated rings. The highest BCUT2D eigenvalue weighted by atomic mass is 79.9. The van der Waals surface area contributed by atoms with Crippen LogP contribution in [0.15, 0.2) is 22.7 Å². The third-order valence-electron chi connectivity index (χ3n) is 2.37. The van der Waals surface area contributed by atoms with Crippen molar-refractivity contribution >= 4 is 21.6 Å². The lowest BCUT2D eigenvalue weighted by Crippen LogP contribution is -2.32. The Morgan fingerprint density at radius 3 is 2.85 bits per heavy atom. The number of methoxy groups -OCH3 is 1. The lowest BCUT2D eigenvalue weighted by molar-refractivity contribution is 0.147. The maximum absolute atomic E-state index is 7.73. The van der Waals surface area contributed by atoms with E-state index in [1.54, 1.807) is 7.11 Å². The minimum atomic E-state index is -0.216. The van der Waals surface area contributed by atoms with E-state index < -0.39 is 0 Å². The Balaban J connectivity index is 2.84. The largest absolute Gasteiger partial charge is 0.383 e. The molecule has 0 aromatic carbocycles. The van der Waals surface area contributed by atoms with Crippen molar-refractivity contribution in [3.8, 4) is 0 Å². The van der Waals surface area contributed by atoms with Crippen molar-refractivity contribution in [1.82, 2.24) is 0 Å². The molecule has 0 spiro atoms. The Kier molecular flexibility index (Phi) is 3.45. The fourth-order valence-electron chi connectivity index (χ4n) is 1.41. The molecule has 1 rings (SSSR count). The van der Waals surface area contributed by atoms with Gasteiger partial charge < -0.3 is 10.1 Å². The van der Waals surface area contributed by atoms with Crippen molar-refractivity contribution in [3.63, 3.8) is 0 Å². The monoisotopic (exact) mass is 243 g/mol. The highest BCUT2D eigenvalue weighted by Crippen LogP contribution is 2.32. The molecule has 0 aliphatic heterocycles. The van der Waals surface area contributed by atoms with Crippen LogP contribution < -0.4 is 0 Å².